The number of rotatable bonds is 8. The molecule has 2 amide bonds. The molecule has 0 atom stereocenters. The van der Waals surface area contributed by atoms with E-state index in [-0.39, 0.29) is 6.03 Å². The summed E-state index contributed by atoms with van der Waals surface area (Å²) in [6.45, 7) is 3.98. The predicted octanol–water partition coefficient (Wildman–Crippen LogP) is 3.25. The van der Waals surface area contributed by atoms with Gasteiger partial charge >= 0.3 is 6.03 Å². The molecular formula is C17H23N3O3S. The number of carbonyl (C=O) groups excluding carboxylic acids is 1. The van der Waals surface area contributed by atoms with Crippen LogP contribution in [0.3, 0.4) is 0 Å². The highest BCUT2D eigenvalue weighted by molar-refractivity contribution is 7.13. The molecule has 0 saturated carbocycles. The average Bonchev–Trinajstić information content (AvgIpc) is 3.02. The predicted molar refractivity (Wildman–Crippen MR) is 96.6 cm³/mol. The molecule has 130 valence electrons. The van der Waals surface area contributed by atoms with E-state index in [9.17, 15) is 4.79 Å². The maximum absolute atomic E-state index is 12.4. The van der Waals surface area contributed by atoms with E-state index in [4.69, 9.17) is 9.47 Å². The lowest BCUT2D eigenvalue weighted by atomic mass is 10.2. The van der Waals surface area contributed by atoms with Gasteiger partial charge in [-0.1, -0.05) is 0 Å². The van der Waals surface area contributed by atoms with Crippen molar-refractivity contribution < 1.29 is 14.3 Å². The van der Waals surface area contributed by atoms with Crippen LogP contribution in [0.4, 0.5) is 10.5 Å². The normalized spacial score (nSPS) is 10.6. The van der Waals surface area contributed by atoms with Crippen LogP contribution in [-0.4, -0.2) is 56.4 Å². The fourth-order valence-electron chi connectivity index (χ4n) is 2.10. The van der Waals surface area contributed by atoms with Crippen LogP contribution in [0.5, 0.6) is 0 Å². The number of carbonyl (C=O) groups is 1. The van der Waals surface area contributed by atoms with Crippen LogP contribution in [-0.2, 0) is 9.47 Å². The molecule has 0 aliphatic rings. The third kappa shape index (κ3) is 5.30. The van der Waals surface area contributed by atoms with E-state index in [1.54, 1.807) is 30.5 Å². The fourth-order valence-corrected chi connectivity index (χ4v) is 2.91. The zero-order valence-electron chi connectivity index (χ0n) is 14.2. The van der Waals surface area contributed by atoms with Gasteiger partial charge in [0.1, 0.15) is 5.01 Å². The second-order valence-electron chi connectivity index (χ2n) is 5.27. The van der Waals surface area contributed by atoms with Gasteiger partial charge in [-0.05, 0) is 31.2 Å². The first kappa shape index (κ1) is 18.4. The smallest absolute Gasteiger partial charge is 0.321 e. The summed E-state index contributed by atoms with van der Waals surface area (Å²) in [4.78, 5) is 18.5. The Balaban J connectivity index is 1.98. The molecule has 1 aromatic carbocycles. The molecule has 1 aromatic heterocycles. The number of benzene rings is 1. The molecule has 6 nitrogen and oxygen atoms in total. The second kappa shape index (κ2) is 9.36. The molecule has 2 rings (SSSR count). The van der Waals surface area contributed by atoms with E-state index in [2.05, 4.69) is 10.3 Å². The minimum Gasteiger partial charge on any atom is -0.383 e. The average molecular weight is 349 g/mol. The van der Waals surface area contributed by atoms with Crippen LogP contribution in [0.1, 0.15) is 5.69 Å². The number of anilines is 1. The van der Waals surface area contributed by atoms with Gasteiger partial charge in [-0.2, -0.15) is 0 Å². The third-order valence-corrected chi connectivity index (χ3v) is 4.43. The number of ether oxygens (including phenoxy) is 2. The third-order valence-electron chi connectivity index (χ3n) is 3.42. The molecule has 0 radical (unpaired) electrons. The molecule has 0 spiro atoms. The first-order valence-electron chi connectivity index (χ1n) is 7.70. The molecule has 0 aliphatic carbocycles. The van der Waals surface area contributed by atoms with Crippen molar-refractivity contribution in [3.05, 3.63) is 35.3 Å². The summed E-state index contributed by atoms with van der Waals surface area (Å²) < 4.78 is 10.1. The van der Waals surface area contributed by atoms with Gasteiger partial charge in [0.05, 0.1) is 13.2 Å². The van der Waals surface area contributed by atoms with Gasteiger partial charge in [0.2, 0.25) is 0 Å². The number of hydrogen-bond acceptors (Lipinski definition) is 5. The maximum Gasteiger partial charge on any atom is 0.321 e. The first-order chi connectivity index (χ1) is 11.6. The Kier molecular flexibility index (Phi) is 7.17. The van der Waals surface area contributed by atoms with Crippen molar-refractivity contribution in [1.82, 2.24) is 9.88 Å². The SMILES string of the molecule is COCCN(CCOC)C(=O)Nc1ccc(-c2nc(C)cs2)cc1. The molecule has 2 aromatic rings. The second-order valence-corrected chi connectivity index (χ2v) is 6.13. The number of hydrogen-bond donors (Lipinski definition) is 1. The summed E-state index contributed by atoms with van der Waals surface area (Å²) in [6.07, 6.45) is 0. The Bertz CT molecular complexity index is 635. The van der Waals surface area contributed by atoms with E-state index in [1.165, 1.54) is 0 Å². The van der Waals surface area contributed by atoms with E-state index in [0.717, 1.165) is 22.0 Å². The van der Waals surface area contributed by atoms with Crippen LogP contribution in [0.25, 0.3) is 10.6 Å². The zero-order chi connectivity index (χ0) is 17.4. The Hall–Kier alpha value is -1.96. The molecule has 0 bridgehead atoms. The van der Waals surface area contributed by atoms with Crippen LogP contribution < -0.4 is 5.32 Å². The van der Waals surface area contributed by atoms with Crippen LogP contribution >= 0.6 is 11.3 Å². The Morgan fingerprint density at radius 1 is 1.17 bits per heavy atom. The van der Waals surface area contributed by atoms with Crippen molar-refractivity contribution in [2.24, 2.45) is 0 Å². The van der Waals surface area contributed by atoms with Crippen molar-refractivity contribution >= 4 is 23.1 Å². The van der Waals surface area contributed by atoms with Crippen LogP contribution in [0.2, 0.25) is 0 Å². The minimum atomic E-state index is -0.165. The summed E-state index contributed by atoms with van der Waals surface area (Å²) in [5.74, 6) is 0. The minimum absolute atomic E-state index is 0.165. The zero-order valence-corrected chi connectivity index (χ0v) is 15.1. The molecule has 0 aliphatic heterocycles. The van der Waals surface area contributed by atoms with Gasteiger partial charge in [0, 0.05) is 49.6 Å². The van der Waals surface area contributed by atoms with Crippen molar-refractivity contribution in [3.8, 4) is 10.6 Å². The monoisotopic (exact) mass is 349 g/mol. The molecule has 1 heterocycles. The highest BCUT2D eigenvalue weighted by Gasteiger charge is 2.13. The standard InChI is InChI=1S/C17H23N3O3S/c1-13-12-24-16(18-13)14-4-6-15(7-5-14)19-17(21)20(8-10-22-2)9-11-23-3/h4-7,12H,8-11H2,1-3H3,(H,19,21). The number of amides is 2. The molecule has 7 heteroatoms. The lowest BCUT2D eigenvalue weighted by Crippen LogP contribution is -2.39. The van der Waals surface area contributed by atoms with Crippen LogP contribution in [0.15, 0.2) is 29.6 Å². The van der Waals surface area contributed by atoms with Crippen molar-refractivity contribution in [2.75, 3.05) is 45.8 Å². The van der Waals surface area contributed by atoms with Crippen molar-refractivity contribution in [3.63, 3.8) is 0 Å². The number of aromatic nitrogens is 1. The number of nitrogens with one attached hydrogen (secondary N) is 1. The molecular weight excluding hydrogens is 326 g/mol. The first-order valence-corrected chi connectivity index (χ1v) is 8.58. The highest BCUT2D eigenvalue weighted by Crippen LogP contribution is 2.24. The van der Waals surface area contributed by atoms with Crippen LogP contribution in [0, 0.1) is 6.92 Å². The Morgan fingerprint density at radius 3 is 2.29 bits per heavy atom. The van der Waals surface area contributed by atoms with Gasteiger partial charge < -0.3 is 19.7 Å². The summed E-state index contributed by atoms with van der Waals surface area (Å²) in [5.41, 5.74) is 2.80. The van der Waals surface area contributed by atoms with Gasteiger partial charge in [0.15, 0.2) is 0 Å². The summed E-state index contributed by atoms with van der Waals surface area (Å²) >= 11 is 1.61. The molecule has 0 unspecified atom stereocenters. The van der Waals surface area contributed by atoms with Crippen molar-refractivity contribution in [2.45, 2.75) is 6.92 Å². The Morgan fingerprint density at radius 2 is 1.79 bits per heavy atom. The van der Waals surface area contributed by atoms with Gasteiger partial charge in [-0.25, -0.2) is 9.78 Å². The summed E-state index contributed by atoms with van der Waals surface area (Å²) in [5, 5.41) is 5.90. The van der Waals surface area contributed by atoms with E-state index in [0.29, 0.717) is 26.3 Å². The molecule has 1 N–H and O–H groups in total. The van der Waals surface area contributed by atoms with Crippen molar-refractivity contribution in [1.29, 1.82) is 0 Å². The number of nitrogens with zero attached hydrogens (tertiary/aromatic N) is 2. The van der Waals surface area contributed by atoms with Gasteiger partial charge in [-0.15, -0.1) is 11.3 Å². The lowest BCUT2D eigenvalue weighted by molar-refractivity contribution is 0.127. The maximum atomic E-state index is 12.4. The lowest BCUT2D eigenvalue weighted by Gasteiger charge is -2.22. The van der Waals surface area contributed by atoms with E-state index < -0.39 is 0 Å². The number of aryl methyl sites for hydroxylation is 1. The van der Waals surface area contributed by atoms with Gasteiger partial charge in [-0.3, -0.25) is 0 Å². The van der Waals surface area contributed by atoms with E-state index in [1.807, 2.05) is 36.6 Å². The number of urea groups is 1. The van der Waals surface area contributed by atoms with E-state index >= 15 is 0 Å². The molecule has 0 saturated heterocycles. The summed E-state index contributed by atoms with van der Waals surface area (Å²) in [7, 11) is 3.23. The quantitative estimate of drug-likeness (QED) is 0.795. The molecule has 24 heavy (non-hydrogen) atoms. The largest absolute Gasteiger partial charge is 0.383 e. The number of methoxy groups -OCH3 is 2. The fraction of sp³-hybridized carbons (Fsp3) is 0.412. The summed E-state index contributed by atoms with van der Waals surface area (Å²) in [6, 6.07) is 7.52. The number of thiazole rings is 1. The highest BCUT2D eigenvalue weighted by atomic mass is 32.1. The molecule has 0 fully saturated rings. The topological polar surface area (TPSA) is 63.7 Å². The van der Waals surface area contributed by atoms with Gasteiger partial charge in [0.25, 0.3) is 0 Å². The Labute approximate surface area is 146 Å².